The van der Waals surface area contributed by atoms with E-state index in [1.807, 2.05) is 0 Å². The summed E-state index contributed by atoms with van der Waals surface area (Å²) in [6.45, 7) is 5.63. The molecule has 9 heteroatoms. The summed E-state index contributed by atoms with van der Waals surface area (Å²) in [5.41, 5.74) is -0.405. The quantitative estimate of drug-likeness (QED) is 0.698. The fourth-order valence-corrected chi connectivity index (χ4v) is 7.14. The lowest BCUT2D eigenvalue weighted by molar-refractivity contribution is -0.119. The molecule has 0 aromatic carbocycles. The number of thiophene rings is 1. The predicted octanol–water partition coefficient (Wildman–Crippen LogP) is 1.76. The molecule has 1 saturated carbocycles. The van der Waals surface area contributed by atoms with Crippen LogP contribution < -0.4 is 10.6 Å². The fraction of sp³-hybridized carbons (Fsp3) is 0.556. The molecule has 1 aromatic heterocycles. The molecular weight excluding hydrogens is 386 g/mol. The van der Waals surface area contributed by atoms with Gasteiger partial charge < -0.3 is 10.6 Å². The Labute approximate surface area is 163 Å². The van der Waals surface area contributed by atoms with Gasteiger partial charge in [-0.2, -0.15) is 4.31 Å². The lowest BCUT2D eigenvalue weighted by Crippen LogP contribution is -2.62. The summed E-state index contributed by atoms with van der Waals surface area (Å²) >= 11 is 1.20. The second kappa shape index (κ2) is 7.73. The number of nitrogens with one attached hydrogen (secondary N) is 2. The van der Waals surface area contributed by atoms with Crippen molar-refractivity contribution < 1.29 is 18.0 Å². The third kappa shape index (κ3) is 4.09. The van der Waals surface area contributed by atoms with E-state index in [1.54, 1.807) is 16.4 Å². The largest absolute Gasteiger partial charge is 0.351 e. The molecule has 1 aliphatic carbocycles. The first kappa shape index (κ1) is 20.0. The molecule has 7 nitrogen and oxygen atoms in total. The molecule has 27 heavy (non-hydrogen) atoms. The van der Waals surface area contributed by atoms with Crippen molar-refractivity contribution in [3.8, 4) is 0 Å². The molecule has 2 heterocycles. The third-order valence-corrected chi connectivity index (χ3v) is 8.90. The normalized spacial score (nSPS) is 22.0. The van der Waals surface area contributed by atoms with E-state index in [1.165, 1.54) is 24.3 Å². The first-order chi connectivity index (χ1) is 12.8. The lowest BCUT2D eigenvalue weighted by Gasteiger charge is -2.53. The molecule has 0 bridgehead atoms. The highest BCUT2D eigenvalue weighted by molar-refractivity contribution is 7.91. The summed E-state index contributed by atoms with van der Waals surface area (Å²) in [6, 6.07) is 3.34. The minimum absolute atomic E-state index is 0.0269. The molecule has 1 aliphatic heterocycles. The molecule has 1 spiro atoms. The Bertz CT molecular complexity index is 843. The Morgan fingerprint density at radius 2 is 2.15 bits per heavy atom. The standard InChI is InChI=1S/C18H25N3O4S2/c1-3-16(23)20-14-7-10-21(18(11-14)8-4-9-18)27(24,25)17-6-5-15(26-17)12-19-13(2)22/h3,5-6,14H,1,4,7-12H2,2H3,(H,19,22)(H,20,23). The summed E-state index contributed by atoms with van der Waals surface area (Å²) in [4.78, 5) is 23.5. The fourth-order valence-electron chi connectivity index (χ4n) is 3.88. The Morgan fingerprint density at radius 1 is 1.41 bits per heavy atom. The van der Waals surface area contributed by atoms with Crippen molar-refractivity contribution >= 4 is 33.2 Å². The van der Waals surface area contributed by atoms with Gasteiger partial charge in [-0.15, -0.1) is 11.3 Å². The maximum atomic E-state index is 13.3. The molecule has 3 rings (SSSR count). The van der Waals surface area contributed by atoms with Crippen LogP contribution in [0.4, 0.5) is 0 Å². The van der Waals surface area contributed by atoms with E-state index in [9.17, 15) is 18.0 Å². The van der Waals surface area contributed by atoms with Crippen molar-refractivity contribution in [2.45, 2.75) is 61.4 Å². The summed E-state index contributed by atoms with van der Waals surface area (Å²) < 4.78 is 28.5. The van der Waals surface area contributed by atoms with Gasteiger partial charge in [0.05, 0.1) is 6.54 Å². The average Bonchev–Trinajstić information content (AvgIpc) is 3.08. The van der Waals surface area contributed by atoms with Gasteiger partial charge in [-0.1, -0.05) is 6.58 Å². The maximum Gasteiger partial charge on any atom is 0.253 e. The van der Waals surface area contributed by atoms with E-state index in [4.69, 9.17) is 0 Å². The molecule has 1 aromatic rings. The van der Waals surface area contributed by atoms with Crippen molar-refractivity contribution in [3.05, 3.63) is 29.7 Å². The molecule has 148 valence electrons. The number of carbonyl (C=O) groups is 2. The van der Waals surface area contributed by atoms with Crippen LogP contribution in [-0.2, 0) is 26.2 Å². The summed E-state index contributed by atoms with van der Waals surface area (Å²) in [6.07, 6.45) is 5.10. The zero-order valence-corrected chi connectivity index (χ0v) is 17.0. The number of hydrogen-bond acceptors (Lipinski definition) is 5. The van der Waals surface area contributed by atoms with Crippen molar-refractivity contribution in [3.63, 3.8) is 0 Å². The minimum atomic E-state index is -3.60. The molecule has 2 fully saturated rings. The monoisotopic (exact) mass is 411 g/mol. The van der Waals surface area contributed by atoms with Crippen LogP contribution in [0.5, 0.6) is 0 Å². The minimum Gasteiger partial charge on any atom is -0.351 e. The number of amides is 2. The number of nitrogens with zero attached hydrogens (tertiary/aromatic N) is 1. The second-order valence-corrected chi connectivity index (χ2v) is 10.4. The summed E-state index contributed by atoms with van der Waals surface area (Å²) in [7, 11) is -3.60. The van der Waals surface area contributed by atoms with Crippen LogP contribution in [0.25, 0.3) is 0 Å². The Balaban J connectivity index is 1.77. The van der Waals surface area contributed by atoms with E-state index in [0.29, 0.717) is 30.1 Å². The van der Waals surface area contributed by atoms with Crippen molar-refractivity contribution in [1.29, 1.82) is 0 Å². The van der Waals surface area contributed by atoms with Crippen molar-refractivity contribution in [2.24, 2.45) is 0 Å². The van der Waals surface area contributed by atoms with E-state index in [0.717, 1.165) is 24.1 Å². The first-order valence-electron chi connectivity index (χ1n) is 9.06. The molecule has 2 aliphatic rings. The SMILES string of the molecule is C=CC(=O)NC1CCN(S(=O)(=O)c2ccc(CNC(C)=O)s2)C2(CCC2)C1. The summed E-state index contributed by atoms with van der Waals surface area (Å²) in [5.74, 6) is -0.364. The van der Waals surface area contributed by atoms with E-state index in [-0.39, 0.29) is 17.9 Å². The number of piperidine rings is 1. The number of sulfonamides is 1. The van der Waals surface area contributed by atoms with Gasteiger partial charge in [-0.3, -0.25) is 9.59 Å². The van der Waals surface area contributed by atoms with E-state index >= 15 is 0 Å². The van der Waals surface area contributed by atoms with Crippen LogP contribution in [-0.4, -0.2) is 42.7 Å². The molecule has 1 unspecified atom stereocenters. The van der Waals surface area contributed by atoms with Gasteiger partial charge in [0.15, 0.2) is 0 Å². The van der Waals surface area contributed by atoms with Crippen LogP contribution in [0.15, 0.2) is 29.0 Å². The Kier molecular flexibility index (Phi) is 5.73. The molecule has 2 N–H and O–H groups in total. The maximum absolute atomic E-state index is 13.3. The highest BCUT2D eigenvalue weighted by atomic mass is 32.2. The molecule has 1 saturated heterocycles. The number of hydrogen-bond donors (Lipinski definition) is 2. The summed E-state index contributed by atoms with van der Waals surface area (Å²) in [5, 5.41) is 5.61. The van der Waals surface area contributed by atoms with Crippen LogP contribution in [0.2, 0.25) is 0 Å². The van der Waals surface area contributed by atoms with Gasteiger partial charge in [0.1, 0.15) is 4.21 Å². The van der Waals surface area contributed by atoms with Gasteiger partial charge in [-0.05, 0) is 50.3 Å². The van der Waals surface area contributed by atoms with Crippen LogP contribution >= 0.6 is 11.3 Å². The molecule has 1 atom stereocenters. The van der Waals surface area contributed by atoms with Crippen LogP contribution in [0.3, 0.4) is 0 Å². The molecule has 2 amide bonds. The topological polar surface area (TPSA) is 95.6 Å². The van der Waals surface area contributed by atoms with Crippen LogP contribution in [0, 0.1) is 0 Å². The Morgan fingerprint density at radius 3 is 2.74 bits per heavy atom. The first-order valence-corrected chi connectivity index (χ1v) is 11.3. The zero-order valence-electron chi connectivity index (χ0n) is 15.4. The second-order valence-electron chi connectivity index (χ2n) is 7.19. The van der Waals surface area contributed by atoms with Gasteiger partial charge in [0.25, 0.3) is 10.0 Å². The van der Waals surface area contributed by atoms with E-state index in [2.05, 4.69) is 17.2 Å². The highest BCUT2D eigenvalue weighted by Gasteiger charge is 2.52. The van der Waals surface area contributed by atoms with Gasteiger partial charge in [0, 0.05) is 29.9 Å². The van der Waals surface area contributed by atoms with Crippen molar-refractivity contribution in [2.75, 3.05) is 6.54 Å². The predicted molar refractivity (Wildman–Crippen MR) is 104 cm³/mol. The number of rotatable bonds is 6. The van der Waals surface area contributed by atoms with Crippen molar-refractivity contribution in [1.82, 2.24) is 14.9 Å². The molecule has 0 radical (unpaired) electrons. The average molecular weight is 412 g/mol. The highest BCUT2D eigenvalue weighted by Crippen LogP contribution is 2.47. The Hall–Kier alpha value is -1.71. The molecular formula is C18H25N3O4S2. The van der Waals surface area contributed by atoms with Gasteiger partial charge in [-0.25, -0.2) is 8.42 Å². The van der Waals surface area contributed by atoms with Gasteiger partial charge in [0.2, 0.25) is 11.8 Å². The zero-order chi connectivity index (χ0) is 19.7. The van der Waals surface area contributed by atoms with E-state index < -0.39 is 15.6 Å². The smallest absolute Gasteiger partial charge is 0.253 e. The van der Waals surface area contributed by atoms with Gasteiger partial charge >= 0.3 is 0 Å². The third-order valence-electron chi connectivity index (χ3n) is 5.35. The number of carbonyl (C=O) groups excluding carboxylic acids is 2. The lowest BCUT2D eigenvalue weighted by atomic mass is 9.70. The van der Waals surface area contributed by atoms with Crippen LogP contribution in [0.1, 0.15) is 43.9 Å².